The van der Waals surface area contributed by atoms with Gasteiger partial charge in [-0.3, -0.25) is 0 Å². The molecule has 0 amide bonds. The van der Waals surface area contributed by atoms with Crippen molar-refractivity contribution in [3.05, 3.63) is 199 Å². The summed E-state index contributed by atoms with van der Waals surface area (Å²) in [4.78, 5) is 0. The summed E-state index contributed by atoms with van der Waals surface area (Å²) < 4.78 is 2.39. The van der Waals surface area contributed by atoms with Gasteiger partial charge in [-0.1, -0.05) is 136 Å². The maximum absolute atomic E-state index is 4.61. The number of nitrogens with two attached hydrogens (primary N) is 1. The average Bonchev–Trinajstić information content (AvgIpc) is 3.39. The van der Waals surface area contributed by atoms with Crippen molar-refractivity contribution in [1.29, 1.82) is 0 Å². The SMILES string of the molecule is C=C/C=C\Cc1cccc(/C(C=C)=C/c2c(C)c(C)c(-c3ccc(-c4cccc(/C(C)=C/C)c4)cc3C=C)n2-c2ccccc2)c1.C=CN. The molecular weight excluding hydrogens is 593 g/mol. The highest BCUT2D eigenvalue weighted by atomic mass is 15.0. The van der Waals surface area contributed by atoms with Crippen LogP contribution in [0.5, 0.6) is 0 Å². The number of rotatable bonds is 11. The fourth-order valence-electron chi connectivity index (χ4n) is 5.99. The summed E-state index contributed by atoms with van der Waals surface area (Å²) in [6, 6.07) is 34.8. The van der Waals surface area contributed by atoms with Gasteiger partial charge in [0.1, 0.15) is 0 Å². The van der Waals surface area contributed by atoms with Crippen LogP contribution < -0.4 is 5.73 Å². The molecule has 2 nitrogen and oxygen atoms in total. The van der Waals surface area contributed by atoms with Crippen LogP contribution in [0.1, 0.15) is 52.9 Å². The minimum Gasteiger partial charge on any atom is -0.405 e. The summed E-state index contributed by atoms with van der Waals surface area (Å²) in [6.07, 6.45) is 16.4. The molecule has 0 radical (unpaired) electrons. The van der Waals surface area contributed by atoms with Gasteiger partial charge < -0.3 is 10.3 Å². The summed E-state index contributed by atoms with van der Waals surface area (Å²) in [6.45, 7) is 24.1. The third-order valence-corrected chi connectivity index (χ3v) is 8.79. The van der Waals surface area contributed by atoms with E-state index >= 15 is 0 Å². The van der Waals surface area contributed by atoms with Crippen molar-refractivity contribution in [1.82, 2.24) is 4.57 Å². The first-order valence-corrected chi connectivity index (χ1v) is 16.6. The normalized spacial score (nSPS) is 11.5. The number of aromatic nitrogens is 1. The molecule has 0 saturated heterocycles. The van der Waals surface area contributed by atoms with Crippen LogP contribution in [0.3, 0.4) is 0 Å². The third-order valence-electron chi connectivity index (χ3n) is 8.79. The Labute approximate surface area is 294 Å². The van der Waals surface area contributed by atoms with Gasteiger partial charge in [0.05, 0.1) is 11.4 Å². The van der Waals surface area contributed by atoms with Crippen LogP contribution in [0.4, 0.5) is 0 Å². The monoisotopic (exact) mass is 640 g/mol. The zero-order valence-electron chi connectivity index (χ0n) is 29.4. The minimum atomic E-state index is 0.854. The highest BCUT2D eigenvalue weighted by molar-refractivity contribution is 5.90. The summed E-state index contributed by atoms with van der Waals surface area (Å²) in [7, 11) is 0. The molecule has 0 spiro atoms. The number of hydrogen-bond acceptors (Lipinski definition) is 1. The number of allylic oxidation sites excluding steroid dienone is 7. The molecule has 0 saturated carbocycles. The van der Waals surface area contributed by atoms with Crippen LogP contribution in [0.2, 0.25) is 0 Å². The van der Waals surface area contributed by atoms with Crippen LogP contribution in [0.25, 0.3) is 51.4 Å². The Bertz CT molecular complexity index is 2040. The van der Waals surface area contributed by atoms with E-state index in [0.717, 1.165) is 40.1 Å². The van der Waals surface area contributed by atoms with Gasteiger partial charge in [0.25, 0.3) is 0 Å². The van der Waals surface area contributed by atoms with E-state index in [2.05, 4.69) is 180 Å². The van der Waals surface area contributed by atoms with E-state index in [4.69, 9.17) is 0 Å². The highest BCUT2D eigenvalue weighted by Gasteiger charge is 2.21. The second kappa shape index (κ2) is 17.3. The van der Waals surface area contributed by atoms with E-state index in [0.29, 0.717) is 0 Å². The Kier molecular flexibility index (Phi) is 12.7. The van der Waals surface area contributed by atoms with E-state index in [1.807, 2.05) is 24.3 Å². The van der Waals surface area contributed by atoms with E-state index in [9.17, 15) is 0 Å². The molecule has 1 aromatic heterocycles. The number of nitrogens with zero attached hydrogens (tertiary/aromatic N) is 1. The maximum atomic E-state index is 4.61. The van der Waals surface area contributed by atoms with Crippen molar-refractivity contribution in [2.75, 3.05) is 0 Å². The zero-order chi connectivity index (χ0) is 35.3. The average molecular weight is 641 g/mol. The topological polar surface area (TPSA) is 30.9 Å². The first kappa shape index (κ1) is 36.0. The molecule has 0 unspecified atom stereocenters. The zero-order valence-corrected chi connectivity index (χ0v) is 29.4. The van der Waals surface area contributed by atoms with Crippen LogP contribution in [0.15, 0.2) is 160 Å². The highest BCUT2D eigenvalue weighted by Crippen LogP contribution is 2.39. The van der Waals surface area contributed by atoms with Crippen LogP contribution in [-0.2, 0) is 6.42 Å². The van der Waals surface area contributed by atoms with E-state index < -0.39 is 0 Å². The quantitative estimate of drug-likeness (QED) is 0.143. The number of benzene rings is 4. The Balaban J connectivity index is 0.00000174. The van der Waals surface area contributed by atoms with E-state index in [1.165, 1.54) is 50.8 Å². The standard InChI is InChI=1S/C45H43N.C2H5N/c1-8-12-14-19-35-20-17-22-39(28-35)36(10-3)31-44-33(6)34(7)45(46(44)42-24-15-13-16-25-42)43-27-26-41(29-37(43)11-4)40-23-18-21-38(30-40)32(5)9-2;1-2-3/h8-18,20-31H,1,3-4,19H2,2,5-7H3;2H,1,3H2/b14-12-,32-9+,36-31+;. The molecule has 2 N–H and O–H groups in total. The van der Waals surface area contributed by atoms with Crippen molar-refractivity contribution >= 4 is 23.3 Å². The summed E-state index contributed by atoms with van der Waals surface area (Å²) in [5.74, 6) is 0. The second-order valence-electron chi connectivity index (χ2n) is 11.8. The summed E-state index contributed by atoms with van der Waals surface area (Å²) >= 11 is 0. The Morgan fingerprint density at radius 2 is 1.47 bits per heavy atom. The van der Waals surface area contributed by atoms with Crippen LogP contribution in [0, 0.1) is 13.8 Å². The molecule has 4 aromatic carbocycles. The molecule has 0 atom stereocenters. The lowest BCUT2D eigenvalue weighted by atomic mass is 9.94. The molecule has 0 aliphatic rings. The van der Waals surface area contributed by atoms with Gasteiger partial charge in [-0.2, -0.15) is 0 Å². The fraction of sp³-hybridized carbons (Fsp3) is 0.106. The predicted octanol–water partition coefficient (Wildman–Crippen LogP) is 12.6. The lowest BCUT2D eigenvalue weighted by Crippen LogP contribution is -2.01. The first-order valence-electron chi connectivity index (χ1n) is 16.6. The fourth-order valence-corrected chi connectivity index (χ4v) is 5.99. The van der Waals surface area contributed by atoms with Gasteiger partial charge in [-0.05, 0) is 126 Å². The summed E-state index contributed by atoms with van der Waals surface area (Å²) in [5, 5.41) is 0. The van der Waals surface area contributed by atoms with Gasteiger partial charge >= 0.3 is 0 Å². The smallest absolute Gasteiger partial charge is 0.0572 e. The lowest BCUT2D eigenvalue weighted by molar-refractivity contribution is 1.06. The largest absolute Gasteiger partial charge is 0.405 e. The van der Waals surface area contributed by atoms with Crippen molar-refractivity contribution in [3.63, 3.8) is 0 Å². The molecular formula is C47H48N2. The summed E-state index contributed by atoms with van der Waals surface area (Å²) in [5.41, 5.74) is 21.1. The molecule has 1 heterocycles. The van der Waals surface area contributed by atoms with Crippen LogP contribution in [-0.4, -0.2) is 4.57 Å². The van der Waals surface area contributed by atoms with Gasteiger partial charge in [0.2, 0.25) is 0 Å². The molecule has 0 aliphatic heterocycles. The minimum absolute atomic E-state index is 0.854. The maximum Gasteiger partial charge on any atom is 0.0572 e. The van der Waals surface area contributed by atoms with Crippen molar-refractivity contribution in [2.24, 2.45) is 5.73 Å². The van der Waals surface area contributed by atoms with E-state index in [-0.39, 0.29) is 0 Å². The van der Waals surface area contributed by atoms with Crippen molar-refractivity contribution in [3.8, 4) is 28.1 Å². The molecule has 5 rings (SSSR count). The molecule has 49 heavy (non-hydrogen) atoms. The number of hydrogen-bond donors (Lipinski definition) is 1. The van der Waals surface area contributed by atoms with Gasteiger partial charge in [-0.15, -0.1) is 0 Å². The second-order valence-corrected chi connectivity index (χ2v) is 11.8. The van der Waals surface area contributed by atoms with Crippen molar-refractivity contribution < 1.29 is 0 Å². The van der Waals surface area contributed by atoms with Crippen LogP contribution >= 0.6 is 0 Å². The third kappa shape index (κ3) is 8.36. The Morgan fingerprint density at radius 1 is 0.776 bits per heavy atom. The molecule has 5 aromatic rings. The first-order chi connectivity index (χ1) is 23.8. The Hall–Kier alpha value is -5.86. The van der Waals surface area contributed by atoms with Gasteiger partial charge in [0.15, 0.2) is 0 Å². The molecule has 0 fully saturated rings. The molecule has 0 aliphatic carbocycles. The van der Waals surface area contributed by atoms with Gasteiger partial charge in [0, 0.05) is 11.3 Å². The van der Waals surface area contributed by atoms with Crippen molar-refractivity contribution in [2.45, 2.75) is 34.1 Å². The molecule has 0 bridgehead atoms. The molecule has 246 valence electrons. The van der Waals surface area contributed by atoms with E-state index in [1.54, 1.807) is 0 Å². The number of para-hydroxylation sites is 1. The van der Waals surface area contributed by atoms with Gasteiger partial charge in [-0.25, -0.2) is 0 Å². The molecule has 2 heteroatoms. The lowest BCUT2D eigenvalue weighted by Gasteiger charge is -2.17. The Morgan fingerprint density at radius 3 is 2.14 bits per heavy atom. The predicted molar refractivity (Wildman–Crippen MR) is 217 cm³/mol.